The van der Waals surface area contributed by atoms with Gasteiger partial charge in [-0.25, -0.2) is 0 Å². The molecule has 1 saturated heterocycles. The minimum atomic E-state index is -0.240. The van der Waals surface area contributed by atoms with Crippen molar-refractivity contribution in [2.75, 3.05) is 32.8 Å². The van der Waals surface area contributed by atoms with Gasteiger partial charge in [0.1, 0.15) is 0 Å². The first-order chi connectivity index (χ1) is 9.49. The molecule has 110 valence electrons. The van der Waals surface area contributed by atoms with Crippen LogP contribution in [-0.2, 0) is 4.74 Å². The van der Waals surface area contributed by atoms with E-state index in [1.54, 1.807) is 12.1 Å². The number of carbonyl (C=O) groups is 1. The highest BCUT2D eigenvalue weighted by Gasteiger charge is 2.28. The van der Waals surface area contributed by atoms with Gasteiger partial charge >= 0.3 is 0 Å². The number of ether oxygens (including phenoxy) is 1. The molecule has 1 aromatic rings. The lowest BCUT2D eigenvalue weighted by Crippen LogP contribution is -2.55. The van der Waals surface area contributed by atoms with Gasteiger partial charge in [0.05, 0.1) is 13.2 Å². The van der Waals surface area contributed by atoms with Crippen molar-refractivity contribution in [1.29, 1.82) is 0 Å². The highest BCUT2D eigenvalue weighted by Crippen LogP contribution is 2.15. The van der Waals surface area contributed by atoms with E-state index in [1.807, 2.05) is 0 Å². The van der Waals surface area contributed by atoms with E-state index in [4.69, 9.17) is 16.3 Å². The monoisotopic (exact) mass is 298 g/mol. The second kappa shape index (κ2) is 6.47. The topological polar surface area (TPSA) is 67.4 Å². The smallest absolute Gasteiger partial charge is 0.271 e. The molecule has 0 saturated carbocycles. The minimum absolute atomic E-state index is 0.126. The van der Waals surface area contributed by atoms with Gasteiger partial charge in [0.2, 0.25) is 0 Å². The molecule has 0 spiro atoms. The highest BCUT2D eigenvalue weighted by atomic mass is 35.5. The van der Waals surface area contributed by atoms with Crippen molar-refractivity contribution < 1.29 is 9.53 Å². The summed E-state index contributed by atoms with van der Waals surface area (Å²) in [4.78, 5) is 14.3. The predicted octanol–water partition coefficient (Wildman–Crippen LogP) is 0.971. The fourth-order valence-corrected chi connectivity index (χ4v) is 2.21. The van der Waals surface area contributed by atoms with Gasteiger partial charge in [-0.2, -0.15) is 0 Å². The molecule has 0 radical (unpaired) electrons. The van der Waals surface area contributed by atoms with Gasteiger partial charge in [0.25, 0.3) is 5.91 Å². The third kappa shape index (κ3) is 3.88. The number of amides is 1. The Hall–Kier alpha value is -1.24. The normalized spacial score (nSPS) is 16.9. The van der Waals surface area contributed by atoms with Crippen LogP contribution in [-0.4, -0.2) is 59.4 Å². The molecule has 0 bridgehead atoms. The molecule has 1 aliphatic rings. The van der Waals surface area contributed by atoms with Crippen LogP contribution in [0.1, 0.15) is 24.3 Å². The maximum atomic E-state index is 12.0. The van der Waals surface area contributed by atoms with E-state index in [0.717, 1.165) is 26.3 Å². The van der Waals surface area contributed by atoms with Gasteiger partial charge in [-0.05, 0) is 26.0 Å². The number of halogens is 1. The number of hydrogen-bond donors (Lipinski definition) is 1. The Morgan fingerprint density at radius 3 is 2.70 bits per heavy atom. The second-order valence-corrected chi connectivity index (χ2v) is 5.72. The van der Waals surface area contributed by atoms with Gasteiger partial charge in [-0.3, -0.25) is 9.69 Å². The third-order valence-electron chi connectivity index (χ3n) is 3.41. The Balaban J connectivity index is 1.90. The Kier molecular flexibility index (Phi) is 4.91. The molecule has 0 aliphatic carbocycles. The minimum Gasteiger partial charge on any atom is -0.379 e. The number of nitrogens with zero attached hydrogens (tertiary/aromatic N) is 3. The first kappa shape index (κ1) is 15.2. The van der Waals surface area contributed by atoms with Crippen LogP contribution in [0.5, 0.6) is 0 Å². The maximum Gasteiger partial charge on any atom is 0.271 e. The van der Waals surface area contributed by atoms with Crippen molar-refractivity contribution in [2.45, 2.75) is 19.4 Å². The summed E-state index contributed by atoms with van der Waals surface area (Å²) in [7, 11) is 0. The fourth-order valence-electron chi connectivity index (χ4n) is 2.10. The molecule has 1 aliphatic heterocycles. The average Bonchev–Trinajstić information content (AvgIpc) is 2.46. The fraction of sp³-hybridized carbons (Fsp3) is 0.615. The van der Waals surface area contributed by atoms with E-state index in [0.29, 0.717) is 6.54 Å². The summed E-state index contributed by atoms with van der Waals surface area (Å²) < 4.78 is 5.34. The SMILES string of the molecule is CC(C)(CNC(=O)c1ccc(Cl)nn1)N1CCOCC1. The highest BCUT2D eigenvalue weighted by molar-refractivity contribution is 6.29. The number of hydrogen-bond acceptors (Lipinski definition) is 5. The molecule has 7 heteroatoms. The molecule has 0 atom stereocenters. The van der Waals surface area contributed by atoms with E-state index in [2.05, 4.69) is 34.3 Å². The van der Waals surface area contributed by atoms with Crippen LogP contribution in [0.25, 0.3) is 0 Å². The van der Waals surface area contributed by atoms with E-state index in [1.165, 1.54) is 0 Å². The number of carbonyl (C=O) groups excluding carboxylic acids is 1. The maximum absolute atomic E-state index is 12.0. The van der Waals surface area contributed by atoms with Crippen LogP contribution in [0.3, 0.4) is 0 Å². The van der Waals surface area contributed by atoms with Crippen molar-refractivity contribution in [2.24, 2.45) is 0 Å². The zero-order valence-corrected chi connectivity index (χ0v) is 12.5. The molecular formula is C13H19ClN4O2. The van der Waals surface area contributed by atoms with E-state index in [-0.39, 0.29) is 22.3 Å². The largest absolute Gasteiger partial charge is 0.379 e. The molecule has 6 nitrogen and oxygen atoms in total. The molecule has 1 amide bonds. The molecule has 2 heterocycles. The van der Waals surface area contributed by atoms with Crippen LogP contribution in [0.15, 0.2) is 12.1 Å². The van der Waals surface area contributed by atoms with Crippen LogP contribution in [0.2, 0.25) is 5.15 Å². The second-order valence-electron chi connectivity index (χ2n) is 5.34. The van der Waals surface area contributed by atoms with Gasteiger partial charge < -0.3 is 10.1 Å². The number of morpholine rings is 1. The Labute approximate surface area is 123 Å². The standard InChI is InChI=1S/C13H19ClN4O2/c1-13(2,18-5-7-20-8-6-18)9-15-12(19)10-3-4-11(14)17-16-10/h3-4H,5-9H2,1-2H3,(H,15,19). The Morgan fingerprint density at radius 1 is 1.40 bits per heavy atom. The Bertz CT molecular complexity index is 458. The van der Waals surface area contributed by atoms with Gasteiger partial charge in [-0.15, -0.1) is 10.2 Å². The van der Waals surface area contributed by atoms with Gasteiger partial charge in [-0.1, -0.05) is 11.6 Å². The van der Waals surface area contributed by atoms with Crippen molar-refractivity contribution in [3.63, 3.8) is 0 Å². The van der Waals surface area contributed by atoms with E-state index < -0.39 is 0 Å². The molecule has 20 heavy (non-hydrogen) atoms. The molecule has 0 unspecified atom stereocenters. The lowest BCUT2D eigenvalue weighted by atomic mass is 10.0. The molecule has 1 aromatic heterocycles. The van der Waals surface area contributed by atoms with Crippen LogP contribution in [0, 0.1) is 0 Å². The predicted molar refractivity (Wildman–Crippen MR) is 75.8 cm³/mol. The van der Waals surface area contributed by atoms with Crippen LogP contribution >= 0.6 is 11.6 Å². The van der Waals surface area contributed by atoms with E-state index >= 15 is 0 Å². The summed E-state index contributed by atoms with van der Waals surface area (Å²) in [5.41, 5.74) is 0.145. The zero-order chi connectivity index (χ0) is 14.6. The lowest BCUT2D eigenvalue weighted by Gasteiger charge is -2.40. The summed E-state index contributed by atoms with van der Waals surface area (Å²) in [6.07, 6.45) is 0. The zero-order valence-electron chi connectivity index (χ0n) is 11.7. The van der Waals surface area contributed by atoms with Gasteiger partial charge in [0, 0.05) is 25.2 Å². The number of rotatable bonds is 4. The summed E-state index contributed by atoms with van der Waals surface area (Å²) in [5, 5.41) is 10.6. The van der Waals surface area contributed by atoms with Crippen molar-refractivity contribution >= 4 is 17.5 Å². The average molecular weight is 299 g/mol. The summed E-state index contributed by atoms with van der Waals surface area (Å²) in [5.74, 6) is -0.240. The summed E-state index contributed by atoms with van der Waals surface area (Å²) in [6, 6.07) is 3.11. The Morgan fingerprint density at radius 2 is 2.10 bits per heavy atom. The molecule has 1 N–H and O–H groups in total. The van der Waals surface area contributed by atoms with Gasteiger partial charge in [0.15, 0.2) is 10.8 Å². The summed E-state index contributed by atoms with van der Waals surface area (Å²) >= 11 is 5.64. The first-order valence-electron chi connectivity index (χ1n) is 6.59. The molecular weight excluding hydrogens is 280 g/mol. The number of nitrogens with one attached hydrogen (secondary N) is 1. The number of aromatic nitrogens is 2. The third-order valence-corrected chi connectivity index (χ3v) is 3.61. The lowest BCUT2D eigenvalue weighted by molar-refractivity contribution is -0.00924. The van der Waals surface area contributed by atoms with E-state index in [9.17, 15) is 4.79 Å². The first-order valence-corrected chi connectivity index (χ1v) is 6.97. The van der Waals surface area contributed by atoms with Crippen LogP contribution < -0.4 is 5.32 Å². The molecule has 1 fully saturated rings. The summed E-state index contributed by atoms with van der Waals surface area (Å²) in [6.45, 7) is 7.97. The quantitative estimate of drug-likeness (QED) is 0.897. The van der Waals surface area contributed by atoms with Crippen molar-refractivity contribution in [3.05, 3.63) is 23.0 Å². The molecule has 0 aromatic carbocycles. The molecule has 2 rings (SSSR count). The van der Waals surface area contributed by atoms with Crippen molar-refractivity contribution in [3.8, 4) is 0 Å². The van der Waals surface area contributed by atoms with Crippen molar-refractivity contribution in [1.82, 2.24) is 20.4 Å². The van der Waals surface area contributed by atoms with Crippen LogP contribution in [0.4, 0.5) is 0 Å².